The Kier molecular flexibility index (Phi) is 4.83. The lowest BCUT2D eigenvalue weighted by atomic mass is 10.1. The molecule has 0 aliphatic carbocycles. The SMILES string of the molecule is COc1cc(C(C)=O)ccc1Nc1ncc2c(n1)N(C)c1ccccc1C(=O)N2C. The van der Waals surface area contributed by atoms with E-state index in [4.69, 9.17) is 4.74 Å². The maximum atomic E-state index is 12.9. The third kappa shape index (κ3) is 3.22. The lowest BCUT2D eigenvalue weighted by Crippen LogP contribution is -2.25. The fraction of sp³-hybridized carbons (Fsp3) is 0.182. The number of carbonyl (C=O) groups is 2. The Morgan fingerprint density at radius 3 is 2.57 bits per heavy atom. The second-order valence-electron chi connectivity index (χ2n) is 6.94. The first-order chi connectivity index (χ1) is 14.4. The molecule has 0 bridgehead atoms. The van der Waals surface area contributed by atoms with Gasteiger partial charge < -0.3 is 19.9 Å². The van der Waals surface area contributed by atoms with Crippen LogP contribution in [-0.2, 0) is 0 Å². The predicted molar refractivity (Wildman–Crippen MR) is 116 cm³/mol. The van der Waals surface area contributed by atoms with Crippen molar-refractivity contribution in [3.05, 3.63) is 59.8 Å². The first-order valence-electron chi connectivity index (χ1n) is 9.34. The maximum Gasteiger partial charge on any atom is 0.260 e. The van der Waals surface area contributed by atoms with Gasteiger partial charge in [-0.3, -0.25) is 9.59 Å². The van der Waals surface area contributed by atoms with Gasteiger partial charge in [-0.25, -0.2) is 4.98 Å². The minimum atomic E-state index is -0.123. The molecule has 0 saturated carbocycles. The van der Waals surface area contributed by atoms with Crippen LogP contribution < -0.4 is 19.9 Å². The molecule has 1 aliphatic rings. The number of carbonyl (C=O) groups excluding carboxylic acids is 2. The highest BCUT2D eigenvalue weighted by atomic mass is 16.5. The van der Waals surface area contributed by atoms with Gasteiger partial charge >= 0.3 is 0 Å². The molecule has 30 heavy (non-hydrogen) atoms. The summed E-state index contributed by atoms with van der Waals surface area (Å²) in [5, 5.41) is 3.14. The fourth-order valence-electron chi connectivity index (χ4n) is 3.40. The van der Waals surface area contributed by atoms with Crippen LogP contribution >= 0.6 is 0 Å². The summed E-state index contributed by atoms with van der Waals surface area (Å²) in [5.74, 6) is 1.27. The van der Waals surface area contributed by atoms with E-state index >= 15 is 0 Å². The zero-order chi connectivity index (χ0) is 21.4. The van der Waals surface area contributed by atoms with Crippen molar-refractivity contribution in [2.24, 2.45) is 0 Å². The van der Waals surface area contributed by atoms with Crippen molar-refractivity contribution in [2.75, 3.05) is 36.3 Å². The molecule has 0 atom stereocenters. The predicted octanol–water partition coefficient (Wildman–Crippen LogP) is 3.79. The van der Waals surface area contributed by atoms with Gasteiger partial charge in [-0.2, -0.15) is 4.98 Å². The highest BCUT2D eigenvalue weighted by Crippen LogP contribution is 2.38. The third-order valence-corrected chi connectivity index (χ3v) is 5.08. The molecule has 1 aromatic heterocycles. The molecule has 0 spiro atoms. The first kappa shape index (κ1) is 19.4. The molecule has 8 nitrogen and oxygen atoms in total. The number of amides is 1. The van der Waals surface area contributed by atoms with Crippen LogP contribution in [0.5, 0.6) is 5.75 Å². The summed E-state index contributed by atoms with van der Waals surface area (Å²) in [7, 11) is 5.10. The van der Waals surface area contributed by atoms with Crippen molar-refractivity contribution in [2.45, 2.75) is 6.92 Å². The molecule has 1 N–H and O–H groups in total. The number of hydrogen-bond donors (Lipinski definition) is 1. The summed E-state index contributed by atoms with van der Waals surface area (Å²) in [6.45, 7) is 1.50. The van der Waals surface area contributed by atoms with Gasteiger partial charge in [-0.1, -0.05) is 12.1 Å². The average Bonchev–Trinajstić information content (AvgIpc) is 2.84. The average molecular weight is 403 g/mol. The minimum Gasteiger partial charge on any atom is -0.495 e. The molecule has 0 fully saturated rings. The number of methoxy groups -OCH3 is 1. The Morgan fingerprint density at radius 1 is 1.07 bits per heavy atom. The van der Waals surface area contributed by atoms with Gasteiger partial charge in [0.15, 0.2) is 11.6 Å². The van der Waals surface area contributed by atoms with Crippen LogP contribution in [0.1, 0.15) is 27.6 Å². The Bertz CT molecular complexity index is 1160. The molecule has 4 rings (SSSR count). The maximum absolute atomic E-state index is 12.9. The van der Waals surface area contributed by atoms with Crippen LogP contribution in [0.15, 0.2) is 48.7 Å². The van der Waals surface area contributed by atoms with Crippen molar-refractivity contribution in [3.8, 4) is 5.75 Å². The van der Waals surface area contributed by atoms with E-state index in [1.165, 1.54) is 14.0 Å². The highest BCUT2D eigenvalue weighted by Gasteiger charge is 2.28. The van der Waals surface area contributed by atoms with Crippen LogP contribution in [0.3, 0.4) is 0 Å². The molecule has 0 radical (unpaired) electrons. The monoisotopic (exact) mass is 403 g/mol. The zero-order valence-electron chi connectivity index (χ0n) is 17.1. The number of ether oxygens (including phenoxy) is 1. The van der Waals surface area contributed by atoms with Crippen molar-refractivity contribution in [1.29, 1.82) is 0 Å². The number of fused-ring (bicyclic) bond motifs is 2. The van der Waals surface area contributed by atoms with Crippen LogP contribution in [0.2, 0.25) is 0 Å². The Morgan fingerprint density at radius 2 is 1.83 bits per heavy atom. The van der Waals surface area contributed by atoms with E-state index in [1.807, 2.05) is 30.1 Å². The van der Waals surface area contributed by atoms with E-state index < -0.39 is 0 Å². The summed E-state index contributed by atoms with van der Waals surface area (Å²) < 4.78 is 5.41. The van der Waals surface area contributed by atoms with Gasteiger partial charge in [-0.05, 0) is 37.3 Å². The first-order valence-corrected chi connectivity index (χ1v) is 9.34. The fourth-order valence-corrected chi connectivity index (χ4v) is 3.40. The molecule has 2 heterocycles. The smallest absolute Gasteiger partial charge is 0.260 e. The number of nitrogens with zero attached hydrogens (tertiary/aromatic N) is 4. The minimum absolute atomic E-state index is 0.0471. The molecule has 1 aliphatic heterocycles. The van der Waals surface area contributed by atoms with E-state index in [9.17, 15) is 9.59 Å². The normalized spacial score (nSPS) is 12.7. The largest absolute Gasteiger partial charge is 0.495 e. The summed E-state index contributed by atoms with van der Waals surface area (Å²) in [6.07, 6.45) is 1.61. The molecule has 2 aromatic carbocycles. The number of aromatic nitrogens is 2. The lowest BCUT2D eigenvalue weighted by Gasteiger charge is -2.21. The van der Waals surface area contributed by atoms with Crippen molar-refractivity contribution < 1.29 is 14.3 Å². The molecule has 3 aromatic rings. The Hall–Kier alpha value is -3.94. The van der Waals surface area contributed by atoms with Gasteiger partial charge in [0, 0.05) is 19.7 Å². The van der Waals surface area contributed by atoms with Crippen LogP contribution in [0.4, 0.5) is 28.8 Å². The molecule has 8 heteroatoms. The number of anilines is 5. The zero-order valence-corrected chi connectivity index (χ0v) is 17.1. The van der Waals surface area contributed by atoms with E-state index in [1.54, 1.807) is 42.4 Å². The molecular formula is C22H21N5O3. The molecule has 1 amide bonds. The second kappa shape index (κ2) is 7.47. The number of Topliss-reactive ketones (excluding diaryl/α,β-unsaturated/α-hetero) is 1. The molecule has 0 unspecified atom stereocenters. The Balaban J connectivity index is 1.75. The van der Waals surface area contributed by atoms with E-state index in [0.29, 0.717) is 40.0 Å². The van der Waals surface area contributed by atoms with E-state index in [2.05, 4.69) is 15.3 Å². The summed E-state index contributed by atoms with van der Waals surface area (Å²) in [6, 6.07) is 12.5. The van der Waals surface area contributed by atoms with Gasteiger partial charge in [0.05, 0.1) is 30.2 Å². The van der Waals surface area contributed by atoms with E-state index in [-0.39, 0.29) is 11.7 Å². The number of para-hydroxylation sites is 1. The summed E-state index contributed by atoms with van der Waals surface area (Å²) >= 11 is 0. The topological polar surface area (TPSA) is 87.7 Å². The molecular weight excluding hydrogens is 382 g/mol. The summed E-state index contributed by atoms with van der Waals surface area (Å²) in [5.41, 5.74) is 3.14. The van der Waals surface area contributed by atoms with Gasteiger partial charge in [-0.15, -0.1) is 0 Å². The van der Waals surface area contributed by atoms with Gasteiger partial charge in [0.2, 0.25) is 5.95 Å². The van der Waals surface area contributed by atoms with Crippen LogP contribution in [0, 0.1) is 0 Å². The highest BCUT2D eigenvalue weighted by molar-refractivity contribution is 6.13. The van der Waals surface area contributed by atoms with Crippen LogP contribution in [0.25, 0.3) is 0 Å². The van der Waals surface area contributed by atoms with Crippen molar-refractivity contribution in [1.82, 2.24) is 9.97 Å². The molecule has 0 saturated heterocycles. The van der Waals surface area contributed by atoms with Crippen molar-refractivity contribution >= 4 is 40.5 Å². The number of hydrogen-bond acceptors (Lipinski definition) is 7. The Labute approximate surface area is 174 Å². The standard InChI is InChI=1S/C22H21N5O3/c1-13(28)14-9-10-16(19(11-14)30-4)24-22-23-12-18-20(25-22)26(2)17-8-6-5-7-15(17)21(29)27(18)3/h5-12H,1-4H3,(H,23,24,25). The number of rotatable bonds is 4. The summed E-state index contributed by atoms with van der Waals surface area (Å²) in [4.78, 5) is 37.0. The second-order valence-corrected chi connectivity index (χ2v) is 6.94. The lowest BCUT2D eigenvalue weighted by molar-refractivity contribution is 0.0991. The van der Waals surface area contributed by atoms with Gasteiger partial charge in [0.25, 0.3) is 5.91 Å². The third-order valence-electron chi connectivity index (χ3n) is 5.08. The number of ketones is 1. The molecule has 152 valence electrons. The van der Waals surface area contributed by atoms with Gasteiger partial charge in [0.1, 0.15) is 11.4 Å². The quantitative estimate of drug-likeness (QED) is 0.663. The van der Waals surface area contributed by atoms with E-state index in [0.717, 1.165) is 5.69 Å². The van der Waals surface area contributed by atoms with Crippen LogP contribution in [-0.4, -0.2) is 42.9 Å². The number of benzene rings is 2. The van der Waals surface area contributed by atoms with Crippen molar-refractivity contribution in [3.63, 3.8) is 0 Å². The number of nitrogens with one attached hydrogen (secondary N) is 1.